The first-order chi connectivity index (χ1) is 9.42. The number of sulfone groups is 1. The van der Waals surface area contributed by atoms with Gasteiger partial charge in [0.25, 0.3) is 0 Å². The van der Waals surface area contributed by atoms with E-state index in [-0.39, 0.29) is 5.75 Å². The van der Waals surface area contributed by atoms with Gasteiger partial charge in [0.2, 0.25) is 0 Å². The second-order valence-corrected chi connectivity index (χ2v) is 8.41. The monoisotopic (exact) mass is 318 g/mol. The van der Waals surface area contributed by atoms with E-state index in [1.807, 2.05) is 18.7 Å². The number of anilines is 2. The largest absolute Gasteiger partial charge is 0.394 e. The highest BCUT2D eigenvalue weighted by atomic mass is 32.2. The van der Waals surface area contributed by atoms with Crippen LogP contribution in [0.5, 0.6) is 0 Å². The molecule has 2 N–H and O–H groups in total. The summed E-state index contributed by atoms with van der Waals surface area (Å²) in [5, 5.41) is 3.89. The van der Waals surface area contributed by atoms with Crippen LogP contribution in [-0.2, 0) is 16.4 Å². The lowest BCUT2D eigenvalue weighted by atomic mass is 10.3. The summed E-state index contributed by atoms with van der Waals surface area (Å²) in [5.41, 5.74) is 7.48. The van der Waals surface area contributed by atoms with E-state index in [9.17, 15) is 8.42 Å². The number of rotatable bonds is 4. The van der Waals surface area contributed by atoms with Gasteiger partial charge in [-0.25, -0.2) is 13.1 Å². The summed E-state index contributed by atoms with van der Waals surface area (Å²) >= 11 is 1.68. The molecule has 114 valence electrons. The lowest BCUT2D eigenvalue weighted by Gasteiger charge is -2.36. The van der Waals surface area contributed by atoms with Crippen LogP contribution in [-0.4, -0.2) is 47.4 Å². The summed E-state index contributed by atoms with van der Waals surface area (Å²) in [5.74, 6) is 2.40. The van der Waals surface area contributed by atoms with Crippen LogP contribution < -0.4 is 10.6 Å². The minimum Gasteiger partial charge on any atom is -0.394 e. The van der Waals surface area contributed by atoms with Crippen LogP contribution in [0.25, 0.3) is 0 Å². The minimum absolute atomic E-state index is 0.147. The number of nitrogens with zero attached hydrogens (tertiary/aromatic N) is 3. The average Bonchev–Trinajstić information content (AvgIpc) is 2.74. The van der Waals surface area contributed by atoms with Crippen LogP contribution >= 0.6 is 11.8 Å². The third kappa shape index (κ3) is 2.63. The first kappa shape index (κ1) is 15.5. The third-order valence-corrected chi connectivity index (χ3v) is 6.91. The van der Waals surface area contributed by atoms with Gasteiger partial charge in [0, 0.05) is 30.3 Å². The van der Waals surface area contributed by atoms with Gasteiger partial charge in [-0.05, 0) is 13.8 Å². The molecule has 2 rings (SSSR count). The standard InChI is InChI=1S/C12H22N4O2S2/c1-4-16-12(11(13)9(3)14-16)15-6-7-19-8-10(15)20(17,18)5-2/h10H,4-8,13H2,1-3H3. The minimum atomic E-state index is -3.14. The van der Waals surface area contributed by atoms with Crippen molar-refractivity contribution in [2.24, 2.45) is 0 Å². The number of hydrogen-bond donors (Lipinski definition) is 1. The Morgan fingerprint density at radius 1 is 1.45 bits per heavy atom. The van der Waals surface area contributed by atoms with E-state index < -0.39 is 15.2 Å². The van der Waals surface area contributed by atoms with Crippen molar-refractivity contribution in [3.05, 3.63) is 5.69 Å². The number of aryl methyl sites for hydroxylation is 2. The molecule has 0 amide bonds. The molecule has 8 heteroatoms. The van der Waals surface area contributed by atoms with Crippen LogP contribution in [0.3, 0.4) is 0 Å². The van der Waals surface area contributed by atoms with Crippen molar-refractivity contribution in [2.75, 3.05) is 34.4 Å². The van der Waals surface area contributed by atoms with Crippen LogP contribution in [0, 0.1) is 6.92 Å². The van der Waals surface area contributed by atoms with E-state index in [0.29, 0.717) is 24.5 Å². The molecule has 0 bridgehead atoms. The fourth-order valence-electron chi connectivity index (χ4n) is 2.42. The first-order valence-corrected chi connectivity index (χ1v) is 9.68. The molecule has 2 heterocycles. The van der Waals surface area contributed by atoms with Crippen molar-refractivity contribution in [2.45, 2.75) is 32.7 Å². The number of nitrogen functional groups attached to an aromatic ring is 1. The molecule has 0 saturated carbocycles. The molecule has 0 spiro atoms. The maximum atomic E-state index is 12.3. The summed E-state index contributed by atoms with van der Waals surface area (Å²) in [6.45, 7) is 6.89. The summed E-state index contributed by atoms with van der Waals surface area (Å²) in [6.07, 6.45) is 0. The molecule has 20 heavy (non-hydrogen) atoms. The molecular weight excluding hydrogens is 296 g/mol. The Labute approximate surface area is 124 Å². The molecule has 1 aliphatic heterocycles. The molecular formula is C12H22N4O2S2. The number of thioether (sulfide) groups is 1. The SMILES string of the molecule is CCn1nc(C)c(N)c1N1CCSCC1S(=O)(=O)CC. The zero-order valence-corrected chi connectivity index (χ0v) is 13.8. The molecule has 1 aromatic heterocycles. The Kier molecular flexibility index (Phi) is 4.53. The van der Waals surface area contributed by atoms with Gasteiger partial charge in [-0.2, -0.15) is 16.9 Å². The quantitative estimate of drug-likeness (QED) is 0.895. The van der Waals surface area contributed by atoms with Crippen LogP contribution in [0.2, 0.25) is 0 Å². The molecule has 1 aliphatic rings. The molecule has 1 unspecified atom stereocenters. The van der Waals surface area contributed by atoms with Gasteiger partial charge in [0.1, 0.15) is 5.37 Å². The van der Waals surface area contributed by atoms with Crippen molar-refractivity contribution in [3.63, 3.8) is 0 Å². The lowest BCUT2D eigenvalue weighted by Crippen LogP contribution is -2.49. The highest BCUT2D eigenvalue weighted by Gasteiger charge is 2.35. The van der Waals surface area contributed by atoms with Crippen molar-refractivity contribution in [3.8, 4) is 0 Å². The second-order valence-electron chi connectivity index (χ2n) is 4.81. The predicted octanol–water partition coefficient (Wildman–Crippen LogP) is 1.11. The number of hydrogen-bond acceptors (Lipinski definition) is 6. The average molecular weight is 318 g/mol. The van der Waals surface area contributed by atoms with Crippen molar-refractivity contribution in [1.29, 1.82) is 0 Å². The Bertz CT molecular complexity index is 583. The van der Waals surface area contributed by atoms with Gasteiger partial charge in [-0.1, -0.05) is 6.92 Å². The summed E-state index contributed by atoms with van der Waals surface area (Å²) < 4.78 is 26.5. The fraction of sp³-hybridized carbons (Fsp3) is 0.750. The van der Waals surface area contributed by atoms with E-state index in [1.54, 1.807) is 23.4 Å². The van der Waals surface area contributed by atoms with Gasteiger partial charge < -0.3 is 10.6 Å². The normalized spacial score (nSPS) is 20.4. The Balaban J connectivity index is 2.48. The Hall–Kier alpha value is -0.890. The van der Waals surface area contributed by atoms with Gasteiger partial charge in [-0.15, -0.1) is 0 Å². The maximum absolute atomic E-state index is 12.3. The topological polar surface area (TPSA) is 81.2 Å². The van der Waals surface area contributed by atoms with Crippen LogP contribution in [0.4, 0.5) is 11.5 Å². The fourth-order valence-corrected chi connectivity index (χ4v) is 5.39. The van der Waals surface area contributed by atoms with E-state index in [2.05, 4.69) is 5.10 Å². The van der Waals surface area contributed by atoms with E-state index in [4.69, 9.17) is 5.73 Å². The second kappa shape index (κ2) is 5.85. The molecule has 0 aromatic carbocycles. The van der Waals surface area contributed by atoms with Gasteiger partial charge >= 0.3 is 0 Å². The number of nitrogens with two attached hydrogens (primary N) is 1. The maximum Gasteiger partial charge on any atom is 0.171 e. The molecule has 6 nitrogen and oxygen atoms in total. The lowest BCUT2D eigenvalue weighted by molar-refractivity contribution is 0.572. The van der Waals surface area contributed by atoms with Crippen molar-refractivity contribution < 1.29 is 8.42 Å². The van der Waals surface area contributed by atoms with Crippen molar-refractivity contribution in [1.82, 2.24) is 9.78 Å². The Morgan fingerprint density at radius 2 is 2.15 bits per heavy atom. The zero-order chi connectivity index (χ0) is 14.9. The zero-order valence-electron chi connectivity index (χ0n) is 12.2. The summed E-state index contributed by atoms with van der Waals surface area (Å²) in [4.78, 5) is 1.92. The first-order valence-electron chi connectivity index (χ1n) is 6.81. The van der Waals surface area contributed by atoms with Gasteiger partial charge in [0.05, 0.1) is 11.4 Å². The van der Waals surface area contributed by atoms with Crippen molar-refractivity contribution >= 4 is 33.1 Å². The number of aromatic nitrogens is 2. The van der Waals surface area contributed by atoms with Crippen LogP contribution in [0.15, 0.2) is 0 Å². The molecule has 1 atom stereocenters. The molecule has 1 saturated heterocycles. The van der Waals surface area contributed by atoms with E-state index in [0.717, 1.165) is 17.3 Å². The summed E-state index contributed by atoms with van der Waals surface area (Å²) in [7, 11) is -3.14. The van der Waals surface area contributed by atoms with E-state index >= 15 is 0 Å². The molecule has 1 aromatic rings. The van der Waals surface area contributed by atoms with Gasteiger partial charge in [-0.3, -0.25) is 0 Å². The predicted molar refractivity (Wildman–Crippen MR) is 85.0 cm³/mol. The molecule has 1 fully saturated rings. The highest BCUT2D eigenvalue weighted by Crippen LogP contribution is 2.33. The van der Waals surface area contributed by atoms with Crippen LogP contribution in [0.1, 0.15) is 19.5 Å². The smallest absolute Gasteiger partial charge is 0.171 e. The third-order valence-electron chi connectivity index (χ3n) is 3.62. The highest BCUT2D eigenvalue weighted by molar-refractivity contribution is 8.01. The molecule has 0 radical (unpaired) electrons. The van der Waals surface area contributed by atoms with E-state index in [1.165, 1.54) is 0 Å². The van der Waals surface area contributed by atoms with Gasteiger partial charge in [0.15, 0.2) is 15.7 Å². The molecule has 0 aliphatic carbocycles. The Morgan fingerprint density at radius 3 is 2.75 bits per heavy atom. The summed E-state index contributed by atoms with van der Waals surface area (Å²) in [6, 6.07) is 0.